The van der Waals surface area contributed by atoms with Crippen molar-refractivity contribution in [2.75, 3.05) is 0 Å². The van der Waals surface area contributed by atoms with E-state index in [2.05, 4.69) is 45.0 Å². The SMILES string of the molecule is c1cscn1.c1nc[nH]n1.c1nnco1.c1nncs1. The molecular formula is C9H10N8OS2. The minimum absolute atomic E-state index is 1.26. The van der Waals surface area contributed by atoms with E-state index in [-0.39, 0.29) is 0 Å². The summed E-state index contributed by atoms with van der Waals surface area (Å²) in [6.07, 6.45) is 7.25. The summed E-state index contributed by atoms with van der Waals surface area (Å²) in [6.45, 7) is 0. The van der Waals surface area contributed by atoms with Gasteiger partial charge in [0, 0.05) is 11.6 Å². The molecular weight excluding hydrogens is 300 g/mol. The Labute approximate surface area is 121 Å². The van der Waals surface area contributed by atoms with Gasteiger partial charge in [-0.05, 0) is 0 Å². The third-order valence-electron chi connectivity index (χ3n) is 1.24. The maximum absolute atomic E-state index is 4.36. The van der Waals surface area contributed by atoms with Crippen LogP contribution in [0.3, 0.4) is 0 Å². The molecule has 0 aliphatic heterocycles. The Morgan fingerprint density at radius 3 is 1.85 bits per heavy atom. The van der Waals surface area contributed by atoms with E-state index < -0.39 is 0 Å². The Kier molecular flexibility index (Phi) is 10.0. The van der Waals surface area contributed by atoms with Crippen molar-refractivity contribution in [3.05, 3.63) is 53.6 Å². The maximum Gasteiger partial charge on any atom is 0.203 e. The normalized spacial score (nSPS) is 8.00. The molecule has 104 valence electrons. The van der Waals surface area contributed by atoms with Crippen LogP contribution in [0.5, 0.6) is 0 Å². The van der Waals surface area contributed by atoms with Crippen molar-refractivity contribution in [2.24, 2.45) is 0 Å². The summed E-state index contributed by atoms with van der Waals surface area (Å²) in [4.78, 5) is 7.30. The van der Waals surface area contributed by atoms with Gasteiger partial charge >= 0.3 is 0 Å². The molecule has 9 nitrogen and oxygen atoms in total. The molecule has 0 bridgehead atoms. The third kappa shape index (κ3) is 10.6. The molecule has 0 aromatic carbocycles. The van der Waals surface area contributed by atoms with Crippen LogP contribution in [-0.4, -0.2) is 40.6 Å². The average Bonchev–Trinajstić information content (AvgIpc) is 3.40. The van der Waals surface area contributed by atoms with Gasteiger partial charge in [0.15, 0.2) is 0 Å². The Hall–Kier alpha value is -2.53. The lowest BCUT2D eigenvalue weighted by Crippen LogP contribution is -1.53. The Morgan fingerprint density at radius 1 is 0.850 bits per heavy atom. The lowest BCUT2D eigenvalue weighted by molar-refractivity contribution is 0.553. The first-order chi connectivity index (χ1) is 10.0. The second kappa shape index (κ2) is 12.9. The standard InChI is InChI=1S/C3H3NS.C2H3N3.C2H2N2O.C2H2N2S/c1-2-5-3-4-1;1-3-2-5-4-1;2*1-3-4-2-5-1/h1-3H;1-2H,(H,3,4,5);2*1-2H. The number of H-pyrrole nitrogens is 1. The third-order valence-corrected chi connectivity index (χ3v) is 2.20. The predicted molar refractivity (Wildman–Crippen MR) is 72.7 cm³/mol. The first-order valence-corrected chi connectivity index (χ1v) is 6.87. The second-order valence-electron chi connectivity index (χ2n) is 2.48. The molecule has 0 atom stereocenters. The molecule has 4 aromatic heterocycles. The van der Waals surface area contributed by atoms with E-state index in [9.17, 15) is 0 Å². The van der Waals surface area contributed by atoms with Gasteiger partial charge in [-0.3, -0.25) is 10.1 Å². The van der Waals surface area contributed by atoms with Crippen molar-refractivity contribution < 1.29 is 4.42 Å². The van der Waals surface area contributed by atoms with Gasteiger partial charge in [-0.25, -0.2) is 4.98 Å². The summed E-state index contributed by atoms with van der Waals surface area (Å²) >= 11 is 3.09. The summed E-state index contributed by atoms with van der Waals surface area (Å²) in [5.74, 6) is 0. The van der Waals surface area contributed by atoms with Crippen LogP contribution in [0.15, 0.2) is 58.0 Å². The molecule has 0 spiro atoms. The number of aromatic nitrogens is 8. The molecule has 0 saturated carbocycles. The summed E-state index contributed by atoms with van der Waals surface area (Å²) in [5.41, 5.74) is 5.15. The van der Waals surface area contributed by atoms with Crippen LogP contribution in [0.25, 0.3) is 0 Å². The van der Waals surface area contributed by atoms with Crippen LogP contribution in [0.1, 0.15) is 0 Å². The summed E-state index contributed by atoms with van der Waals surface area (Å²) in [6, 6.07) is 0. The number of hydrogen-bond acceptors (Lipinski definition) is 10. The van der Waals surface area contributed by atoms with Crippen LogP contribution in [0.4, 0.5) is 0 Å². The Balaban J connectivity index is 0.000000133. The molecule has 0 aliphatic carbocycles. The fourth-order valence-corrected chi connectivity index (χ4v) is 1.24. The van der Waals surface area contributed by atoms with E-state index in [1.165, 1.54) is 36.8 Å². The number of nitrogens with zero attached hydrogens (tertiary/aromatic N) is 7. The topological polar surface area (TPSA) is 119 Å². The zero-order valence-corrected chi connectivity index (χ0v) is 11.7. The first-order valence-electron chi connectivity index (χ1n) is 4.98. The number of rotatable bonds is 0. The van der Waals surface area contributed by atoms with Gasteiger partial charge in [-0.15, -0.1) is 43.1 Å². The minimum Gasteiger partial charge on any atom is -0.431 e. The van der Waals surface area contributed by atoms with E-state index in [1.807, 2.05) is 5.38 Å². The first kappa shape index (κ1) is 15.5. The van der Waals surface area contributed by atoms with E-state index >= 15 is 0 Å². The zero-order chi connectivity index (χ0) is 14.1. The van der Waals surface area contributed by atoms with Crippen molar-refractivity contribution >= 4 is 22.7 Å². The van der Waals surface area contributed by atoms with Crippen molar-refractivity contribution in [1.82, 2.24) is 40.6 Å². The molecule has 0 saturated heterocycles. The number of thiazole rings is 1. The minimum atomic E-state index is 1.26. The van der Waals surface area contributed by atoms with E-state index in [1.54, 1.807) is 34.1 Å². The highest BCUT2D eigenvalue weighted by atomic mass is 32.1. The molecule has 0 radical (unpaired) electrons. The van der Waals surface area contributed by atoms with Crippen molar-refractivity contribution in [1.29, 1.82) is 0 Å². The molecule has 4 rings (SSSR count). The highest BCUT2D eigenvalue weighted by Crippen LogP contribution is 1.85. The molecule has 1 N–H and O–H groups in total. The molecule has 11 heteroatoms. The smallest absolute Gasteiger partial charge is 0.203 e. The number of aromatic amines is 1. The summed E-state index contributed by atoms with van der Waals surface area (Å²) < 4.78 is 4.36. The van der Waals surface area contributed by atoms with Crippen LogP contribution in [0.2, 0.25) is 0 Å². The van der Waals surface area contributed by atoms with E-state index in [0.717, 1.165) is 0 Å². The summed E-state index contributed by atoms with van der Waals surface area (Å²) in [7, 11) is 0. The van der Waals surface area contributed by atoms with Crippen molar-refractivity contribution in [2.45, 2.75) is 0 Å². The van der Waals surface area contributed by atoms with Crippen LogP contribution < -0.4 is 0 Å². The maximum atomic E-state index is 4.36. The highest BCUT2D eigenvalue weighted by Gasteiger charge is 1.61. The molecule has 4 heterocycles. The molecule has 0 amide bonds. The van der Waals surface area contributed by atoms with Gasteiger partial charge in [0.1, 0.15) is 23.7 Å². The Morgan fingerprint density at radius 2 is 1.65 bits per heavy atom. The van der Waals surface area contributed by atoms with E-state index in [4.69, 9.17) is 0 Å². The van der Waals surface area contributed by atoms with E-state index in [0.29, 0.717) is 0 Å². The lowest BCUT2D eigenvalue weighted by atomic mass is 11.0. The second-order valence-corrected chi connectivity index (χ2v) is 3.93. The molecule has 0 aliphatic rings. The van der Waals surface area contributed by atoms with Crippen molar-refractivity contribution in [3.63, 3.8) is 0 Å². The quantitative estimate of drug-likeness (QED) is 0.519. The molecule has 0 unspecified atom stereocenters. The van der Waals surface area contributed by atoms with Gasteiger partial charge in [-0.1, -0.05) is 0 Å². The van der Waals surface area contributed by atoms with Gasteiger partial charge < -0.3 is 4.42 Å². The molecule has 0 fully saturated rings. The molecule has 4 aromatic rings. The summed E-state index contributed by atoms with van der Waals surface area (Å²) in [5, 5.41) is 21.5. The Bertz CT molecular complexity index is 363. The van der Waals surface area contributed by atoms with Crippen LogP contribution in [-0.2, 0) is 0 Å². The van der Waals surface area contributed by atoms with Gasteiger partial charge in [0.05, 0.1) is 5.51 Å². The van der Waals surface area contributed by atoms with Crippen LogP contribution in [0, 0.1) is 0 Å². The predicted octanol–water partition coefficient (Wildman–Crippen LogP) is 1.56. The van der Waals surface area contributed by atoms with Gasteiger partial charge in [-0.2, -0.15) is 5.10 Å². The molecule has 20 heavy (non-hydrogen) atoms. The van der Waals surface area contributed by atoms with Gasteiger partial charge in [0.25, 0.3) is 0 Å². The highest BCUT2D eigenvalue weighted by molar-refractivity contribution is 7.07. The van der Waals surface area contributed by atoms with Crippen molar-refractivity contribution in [3.8, 4) is 0 Å². The number of nitrogens with one attached hydrogen (secondary N) is 1. The fourth-order valence-electron chi connectivity index (χ4n) is 0.615. The fraction of sp³-hybridized carbons (Fsp3) is 0. The average molecular weight is 310 g/mol. The number of hydrogen-bond donors (Lipinski definition) is 1. The largest absolute Gasteiger partial charge is 0.431 e. The zero-order valence-electron chi connectivity index (χ0n) is 10.1. The van der Waals surface area contributed by atoms with Crippen LogP contribution >= 0.6 is 22.7 Å². The monoisotopic (exact) mass is 310 g/mol. The lowest BCUT2D eigenvalue weighted by Gasteiger charge is -1.46. The van der Waals surface area contributed by atoms with Gasteiger partial charge in [0.2, 0.25) is 12.8 Å².